The highest BCUT2D eigenvalue weighted by atomic mass is 16.5. The van der Waals surface area contributed by atoms with Crippen LogP contribution in [0.5, 0.6) is 5.75 Å². The van der Waals surface area contributed by atoms with Crippen molar-refractivity contribution < 1.29 is 9.63 Å². The highest BCUT2D eigenvalue weighted by molar-refractivity contribution is 5.83. The number of benzene rings is 2. The van der Waals surface area contributed by atoms with Gasteiger partial charge in [0.05, 0.1) is 11.3 Å². The molecule has 2 aliphatic rings. The summed E-state index contributed by atoms with van der Waals surface area (Å²) in [6.07, 6.45) is 8.75. The van der Waals surface area contributed by atoms with Gasteiger partial charge < -0.3 is 9.63 Å². The molecular weight excluding hydrogens is 338 g/mol. The summed E-state index contributed by atoms with van der Waals surface area (Å²) in [6, 6.07) is 13.2. The van der Waals surface area contributed by atoms with Gasteiger partial charge in [0.1, 0.15) is 5.75 Å². The molecule has 0 amide bonds. The number of fused-ring (bicyclic) bond motifs is 1. The third kappa shape index (κ3) is 2.93. The van der Waals surface area contributed by atoms with Crippen LogP contribution >= 0.6 is 0 Å². The van der Waals surface area contributed by atoms with Gasteiger partial charge in [0.25, 0.3) is 5.89 Å². The van der Waals surface area contributed by atoms with E-state index >= 15 is 0 Å². The molecule has 0 radical (unpaired) electrons. The van der Waals surface area contributed by atoms with Gasteiger partial charge in [0, 0.05) is 17.7 Å². The van der Waals surface area contributed by atoms with Crippen molar-refractivity contribution >= 4 is 11.9 Å². The third-order valence-corrected chi connectivity index (χ3v) is 5.74. The molecule has 1 unspecified atom stereocenters. The lowest BCUT2D eigenvalue weighted by Crippen LogP contribution is -2.15. The number of hydrogen-bond donors (Lipinski definition) is 1. The van der Waals surface area contributed by atoms with Gasteiger partial charge in [-0.3, -0.25) is 4.99 Å². The largest absolute Gasteiger partial charge is 0.507 e. The highest BCUT2D eigenvalue weighted by Crippen LogP contribution is 2.43. The second-order valence-corrected chi connectivity index (χ2v) is 7.42. The summed E-state index contributed by atoms with van der Waals surface area (Å²) in [6.45, 7) is 0. The Balaban J connectivity index is 1.43. The van der Waals surface area contributed by atoms with Crippen LogP contribution in [0.1, 0.15) is 43.6 Å². The Kier molecular flexibility index (Phi) is 4.00. The Bertz CT molecular complexity index is 1000. The number of aromatic nitrogens is 2. The van der Waals surface area contributed by atoms with Crippen LogP contribution in [-0.2, 0) is 0 Å². The summed E-state index contributed by atoms with van der Waals surface area (Å²) < 4.78 is 5.36. The maximum Gasteiger partial charge on any atom is 0.261 e. The molecule has 0 bridgehead atoms. The van der Waals surface area contributed by atoms with Crippen molar-refractivity contribution in [1.29, 1.82) is 0 Å². The Labute approximate surface area is 157 Å². The van der Waals surface area contributed by atoms with Crippen molar-refractivity contribution in [1.82, 2.24) is 10.1 Å². The van der Waals surface area contributed by atoms with E-state index in [9.17, 15) is 5.11 Å². The number of phenols is 1. The lowest BCUT2D eigenvalue weighted by Gasteiger charge is -2.26. The summed E-state index contributed by atoms with van der Waals surface area (Å²) in [7, 11) is 0. The van der Waals surface area contributed by atoms with Crippen molar-refractivity contribution in [2.45, 2.75) is 38.0 Å². The van der Waals surface area contributed by atoms with E-state index in [1.807, 2.05) is 18.2 Å². The molecule has 0 spiro atoms. The van der Waals surface area contributed by atoms with Crippen molar-refractivity contribution in [2.24, 2.45) is 10.9 Å². The van der Waals surface area contributed by atoms with Crippen molar-refractivity contribution in [3.05, 3.63) is 48.0 Å². The van der Waals surface area contributed by atoms with Crippen molar-refractivity contribution in [2.75, 3.05) is 0 Å². The molecule has 2 heterocycles. The number of aliphatic imine (C=N–C) groups is 1. The number of rotatable bonds is 3. The van der Waals surface area contributed by atoms with Crippen LogP contribution in [-0.4, -0.2) is 21.5 Å². The molecule has 1 fully saturated rings. The first kappa shape index (κ1) is 16.2. The Morgan fingerprint density at radius 3 is 2.70 bits per heavy atom. The number of aromatic hydroxyl groups is 1. The average molecular weight is 359 g/mol. The lowest BCUT2D eigenvalue weighted by molar-refractivity contribution is 0.345. The predicted molar refractivity (Wildman–Crippen MR) is 104 cm³/mol. The normalized spacial score (nSPS) is 19.3. The maximum atomic E-state index is 9.98. The Morgan fingerprint density at radius 1 is 1.00 bits per heavy atom. The number of hydrogen-bond acceptors (Lipinski definition) is 5. The third-order valence-electron chi connectivity index (χ3n) is 5.74. The Morgan fingerprint density at radius 2 is 1.85 bits per heavy atom. The van der Waals surface area contributed by atoms with Gasteiger partial charge in [0.2, 0.25) is 5.82 Å². The van der Waals surface area contributed by atoms with Gasteiger partial charge in [0.15, 0.2) is 0 Å². The first-order valence-corrected chi connectivity index (χ1v) is 9.60. The number of phenolic OH excluding ortho intramolecular Hbond substituents is 1. The summed E-state index contributed by atoms with van der Waals surface area (Å²) >= 11 is 0. The first-order valence-electron chi connectivity index (χ1n) is 9.60. The van der Waals surface area contributed by atoms with Crippen LogP contribution in [0, 0.1) is 5.92 Å². The van der Waals surface area contributed by atoms with Crippen LogP contribution in [0.3, 0.4) is 0 Å². The van der Waals surface area contributed by atoms with Gasteiger partial charge in [-0.05, 0) is 42.5 Å². The fourth-order valence-corrected chi connectivity index (χ4v) is 4.29. The smallest absolute Gasteiger partial charge is 0.261 e. The molecule has 27 heavy (non-hydrogen) atoms. The molecule has 2 aromatic carbocycles. The minimum atomic E-state index is 0.126. The summed E-state index contributed by atoms with van der Waals surface area (Å²) in [4.78, 5) is 9.13. The molecule has 5 nitrogen and oxygen atoms in total. The predicted octanol–water partition coefficient (Wildman–Crippen LogP) is 5.49. The quantitative estimate of drug-likeness (QED) is 0.671. The minimum Gasteiger partial charge on any atom is -0.507 e. The van der Waals surface area contributed by atoms with Gasteiger partial charge in [-0.2, -0.15) is 4.98 Å². The van der Waals surface area contributed by atoms with Gasteiger partial charge in [-0.25, -0.2) is 0 Å². The van der Waals surface area contributed by atoms with E-state index in [2.05, 4.69) is 27.4 Å². The maximum absolute atomic E-state index is 9.98. The molecule has 1 aliphatic carbocycles. The van der Waals surface area contributed by atoms with E-state index < -0.39 is 0 Å². The molecular formula is C22H21N3O2. The fourth-order valence-electron chi connectivity index (χ4n) is 4.29. The van der Waals surface area contributed by atoms with Crippen LogP contribution in [0.2, 0.25) is 0 Å². The second-order valence-electron chi connectivity index (χ2n) is 7.42. The summed E-state index contributed by atoms with van der Waals surface area (Å²) in [5.41, 5.74) is 3.74. The second kappa shape index (κ2) is 6.65. The summed E-state index contributed by atoms with van der Waals surface area (Å²) in [5, 5.41) is 14.1. The van der Waals surface area contributed by atoms with E-state index in [4.69, 9.17) is 4.52 Å². The monoisotopic (exact) mass is 359 g/mol. The highest BCUT2D eigenvalue weighted by Gasteiger charge is 2.29. The SMILES string of the molecule is Oc1ccccc1-c1nc(-c2ccc3c(c2)N=CC3C2CCCCC2)no1. The zero-order chi connectivity index (χ0) is 18.2. The van der Waals surface area contributed by atoms with E-state index in [-0.39, 0.29) is 5.75 Å². The molecule has 5 rings (SSSR count). The fraction of sp³-hybridized carbons (Fsp3) is 0.318. The van der Waals surface area contributed by atoms with Crippen molar-refractivity contribution in [3.8, 4) is 28.6 Å². The van der Waals surface area contributed by atoms with Crippen molar-refractivity contribution in [3.63, 3.8) is 0 Å². The molecule has 1 atom stereocenters. The summed E-state index contributed by atoms with van der Waals surface area (Å²) in [5.74, 6) is 2.10. The standard InChI is InChI=1S/C22H21N3O2/c26-20-9-5-4-8-17(20)22-24-21(25-27-22)15-10-11-16-18(13-23-19(16)12-15)14-6-2-1-3-7-14/h4-5,8-14,18,26H,1-3,6-7H2. The van der Waals surface area contributed by atoms with Gasteiger partial charge in [-0.15, -0.1) is 0 Å². The molecule has 0 saturated heterocycles. The van der Waals surface area contributed by atoms with Crippen LogP contribution < -0.4 is 0 Å². The zero-order valence-corrected chi connectivity index (χ0v) is 15.0. The van der Waals surface area contributed by atoms with Crippen LogP contribution in [0.25, 0.3) is 22.8 Å². The molecule has 136 valence electrons. The topological polar surface area (TPSA) is 71.5 Å². The number of nitrogens with zero attached hydrogens (tertiary/aromatic N) is 3. The zero-order valence-electron chi connectivity index (χ0n) is 15.0. The van der Waals surface area contributed by atoms with E-state index in [1.165, 1.54) is 37.7 Å². The molecule has 1 N–H and O–H groups in total. The molecule has 3 aromatic rings. The van der Waals surface area contributed by atoms with E-state index in [1.54, 1.807) is 18.2 Å². The van der Waals surface area contributed by atoms with Crippen LogP contribution in [0.15, 0.2) is 52.0 Å². The average Bonchev–Trinajstić information content (AvgIpc) is 3.36. The van der Waals surface area contributed by atoms with E-state index in [0.717, 1.165) is 11.3 Å². The van der Waals surface area contributed by atoms with Gasteiger partial charge >= 0.3 is 0 Å². The lowest BCUT2D eigenvalue weighted by atomic mass is 9.78. The van der Waals surface area contributed by atoms with Crippen LogP contribution in [0.4, 0.5) is 5.69 Å². The van der Waals surface area contributed by atoms with E-state index in [0.29, 0.717) is 29.1 Å². The molecule has 5 heteroatoms. The molecule has 1 saturated carbocycles. The Hall–Kier alpha value is -2.95. The molecule has 1 aromatic heterocycles. The van der Waals surface area contributed by atoms with Gasteiger partial charge in [-0.1, -0.05) is 48.7 Å². The number of para-hydroxylation sites is 1. The molecule has 1 aliphatic heterocycles. The first-order chi connectivity index (χ1) is 13.3. The minimum absolute atomic E-state index is 0.126.